The molecule has 8 unspecified atom stereocenters. The number of rotatable bonds is 4. The first-order chi connectivity index (χ1) is 14.7. The summed E-state index contributed by atoms with van der Waals surface area (Å²) >= 11 is 0. The Labute approximate surface area is 185 Å². The Bertz CT molecular complexity index is 733. The molecular formula is C29H41P. The maximum Gasteiger partial charge on any atom is -0.00631 e. The maximum atomic E-state index is 2.48. The van der Waals surface area contributed by atoms with Crippen LogP contribution in [0.3, 0.4) is 0 Å². The van der Waals surface area contributed by atoms with Crippen LogP contribution in [0.5, 0.6) is 0 Å². The average molecular weight is 421 g/mol. The van der Waals surface area contributed by atoms with Gasteiger partial charge in [-0.1, -0.05) is 76.8 Å². The Balaban J connectivity index is 1.31. The van der Waals surface area contributed by atoms with Crippen LogP contribution in [0.15, 0.2) is 30.3 Å². The fraction of sp³-hybridized carbons (Fsp3) is 0.793. The van der Waals surface area contributed by atoms with Gasteiger partial charge in [-0.2, -0.15) is 0 Å². The molecule has 6 saturated carbocycles. The third-order valence-electron chi connectivity index (χ3n) is 11.2. The molecule has 162 valence electrons. The summed E-state index contributed by atoms with van der Waals surface area (Å²) in [7, 11) is 0.0912. The van der Waals surface area contributed by atoms with Gasteiger partial charge in [-0.15, -0.1) is 0 Å². The molecular weight excluding hydrogens is 379 g/mol. The van der Waals surface area contributed by atoms with E-state index in [1.807, 2.05) is 0 Å². The summed E-state index contributed by atoms with van der Waals surface area (Å²) in [5, 5.41) is 1.54. The van der Waals surface area contributed by atoms with Crippen LogP contribution in [-0.4, -0.2) is 10.3 Å². The van der Waals surface area contributed by atoms with E-state index in [1.165, 1.54) is 6.16 Å². The van der Waals surface area contributed by atoms with E-state index in [4.69, 9.17) is 0 Å². The third kappa shape index (κ3) is 2.95. The van der Waals surface area contributed by atoms with Crippen LogP contribution in [0.1, 0.15) is 95.5 Å². The lowest BCUT2D eigenvalue weighted by molar-refractivity contribution is 0.250. The molecule has 6 fully saturated rings. The predicted octanol–water partition coefficient (Wildman–Crippen LogP) is 8.39. The van der Waals surface area contributed by atoms with E-state index in [9.17, 15) is 0 Å². The van der Waals surface area contributed by atoms with Crippen LogP contribution in [0, 0.1) is 35.5 Å². The van der Waals surface area contributed by atoms with Gasteiger partial charge in [0.1, 0.15) is 0 Å². The monoisotopic (exact) mass is 420 g/mol. The van der Waals surface area contributed by atoms with E-state index in [-0.39, 0.29) is 7.92 Å². The molecule has 0 aliphatic heterocycles. The molecule has 0 spiro atoms. The van der Waals surface area contributed by atoms with Crippen molar-refractivity contribution in [2.45, 2.75) is 106 Å². The van der Waals surface area contributed by atoms with Crippen molar-refractivity contribution in [2.24, 2.45) is 35.5 Å². The lowest BCUT2D eigenvalue weighted by atomic mass is 9.78. The molecule has 1 heteroatoms. The van der Waals surface area contributed by atoms with Crippen LogP contribution >= 0.6 is 7.92 Å². The van der Waals surface area contributed by atoms with Crippen molar-refractivity contribution in [2.75, 3.05) is 0 Å². The smallest absolute Gasteiger partial charge is 0.00631 e. The van der Waals surface area contributed by atoms with Gasteiger partial charge in [0.15, 0.2) is 0 Å². The zero-order chi connectivity index (χ0) is 19.8. The molecule has 0 nitrogen and oxygen atoms in total. The minimum Gasteiger partial charge on any atom is -0.0894 e. The fourth-order valence-corrected chi connectivity index (χ4v) is 15.5. The number of hydrogen-bond acceptors (Lipinski definition) is 0. The summed E-state index contributed by atoms with van der Waals surface area (Å²) in [6, 6.07) is 11.8. The molecule has 1 aromatic carbocycles. The summed E-state index contributed by atoms with van der Waals surface area (Å²) in [5.74, 6) is 6.62. The second kappa shape index (κ2) is 7.07. The van der Waals surface area contributed by atoms with Gasteiger partial charge in [-0.05, 0) is 109 Å². The molecule has 7 rings (SSSR count). The second-order valence-electron chi connectivity index (χ2n) is 12.9. The van der Waals surface area contributed by atoms with Crippen LogP contribution in [-0.2, 0) is 6.16 Å². The number of hydrogen-bond donors (Lipinski definition) is 0. The lowest BCUT2D eigenvalue weighted by Crippen LogP contribution is -2.42. The lowest BCUT2D eigenvalue weighted by Gasteiger charge is -2.54. The average Bonchev–Trinajstić information content (AvgIpc) is 3.02. The highest BCUT2D eigenvalue weighted by Crippen LogP contribution is 2.80. The van der Waals surface area contributed by atoms with Gasteiger partial charge < -0.3 is 0 Å². The van der Waals surface area contributed by atoms with Crippen LogP contribution < -0.4 is 0 Å². The summed E-state index contributed by atoms with van der Waals surface area (Å²) in [4.78, 5) is 0. The first kappa shape index (κ1) is 19.1. The highest BCUT2D eigenvalue weighted by Gasteiger charge is 2.63. The van der Waals surface area contributed by atoms with Gasteiger partial charge in [0.25, 0.3) is 0 Å². The summed E-state index contributed by atoms with van der Waals surface area (Å²) in [6.07, 6.45) is 24.0. The Morgan fingerprint density at radius 2 is 1.17 bits per heavy atom. The Morgan fingerprint density at radius 1 is 0.633 bits per heavy atom. The second-order valence-corrected chi connectivity index (χ2v) is 15.9. The summed E-state index contributed by atoms with van der Waals surface area (Å²) in [5.41, 5.74) is 1.69. The topological polar surface area (TPSA) is 0 Å². The minimum absolute atomic E-state index is 0.0912. The van der Waals surface area contributed by atoms with Gasteiger partial charge in [0.2, 0.25) is 0 Å². The highest BCUT2D eigenvalue weighted by atomic mass is 31.1. The zero-order valence-corrected chi connectivity index (χ0v) is 19.8. The summed E-state index contributed by atoms with van der Waals surface area (Å²) < 4.78 is 0. The van der Waals surface area contributed by atoms with Gasteiger partial charge in [-0.25, -0.2) is 0 Å². The predicted molar refractivity (Wildman–Crippen MR) is 128 cm³/mol. The number of benzene rings is 1. The van der Waals surface area contributed by atoms with Gasteiger partial charge in [0, 0.05) is 0 Å². The van der Waals surface area contributed by atoms with E-state index in [0.29, 0.717) is 0 Å². The van der Waals surface area contributed by atoms with E-state index in [1.54, 1.807) is 95.5 Å². The van der Waals surface area contributed by atoms with Crippen molar-refractivity contribution in [3.63, 3.8) is 0 Å². The molecule has 0 aromatic heterocycles. The van der Waals surface area contributed by atoms with Crippen molar-refractivity contribution >= 4 is 7.92 Å². The van der Waals surface area contributed by atoms with Gasteiger partial charge in [-0.3, -0.25) is 0 Å². The van der Waals surface area contributed by atoms with E-state index < -0.39 is 0 Å². The molecule has 30 heavy (non-hydrogen) atoms. The standard InChI is InChI=1S/C29H41P/c1-2-6-21(7-3-1)20-30(28-14-22-8-4-10-24(16-28)26(12-22)18-28)29-15-23-9-5-11-25(17-29)27(13-23)19-29/h1-3,6-7,22-27H,4-5,8-20H2. The molecule has 6 bridgehead atoms. The van der Waals surface area contributed by atoms with E-state index in [2.05, 4.69) is 30.3 Å². The van der Waals surface area contributed by atoms with Gasteiger partial charge in [0.05, 0.1) is 0 Å². The molecule has 1 aromatic rings. The van der Waals surface area contributed by atoms with Crippen molar-refractivity contribution in [1.29, 1.82) is 0 Å². The fourth-order valence-electron chi connectivity index (χ4n) is 10.5. The SMILES string of the molecule is c1ccc(CP(C23CC4CCCC(C2)C(C4)C3)C23CC4CCCC(C2)C(C4)C3)cc1. The first-order valence-corrected chi connectivity index (χ1v) is 15.1. The Morgan fingerprint density at radius 3 is 1.73 bits per heavy atom. The highest BCUT2D eigenvalue weighted by molar-refractivity contribution is 7.60. The molecule has 6 aliphatic rings. The molecule has 0 N–H and O–H groups in total. The summed E-state index contributed by atoms with van der Waals surface area (Å²) in [6.45, 7) is 0. The minimum atomic E-state index is 0.0912. The van der Waals surface area contributed by atoms with Crippen molar-refractivity contribution < 1.29 is 0 Å². The Kier molecular flexibility index (Phi) is 4.51. The molecule has 6 aliphatic carbocycles. The van der Waals surface area contributed by atoms with Crippen molar-refractivity contribution in [1.82, 2.24) is 0 Å². The van der Waals surface area contributed by atoms with E-state index in [0.717, 1.165) is 45.8 Å². The third-order valence-corrected chi connectivity index (χ3v) is 15.3. The maximum absolute atomic E-state index is 2.48. The number of fused-ring (bicyclic) bond motifs is 4. The van der Waals surface area contributed by atoms with Crippen molar-refractivity contribution in [3.05, 3.63) is 35.9 Å². The van der Waals surface area contributed by atoms with Crippen LogP contribution in [0.2, 0.25) is 0 Å². The molecule has 0 amide bonds. The molecule has 0 radical (unpaired) electrons. The van der Waals surface area contributed by atoms with Crippen LogP contribution in [0.25, 0.3) is 0 Å². The van der Waals surface area contributed by atoms with E-state index >= 15 is 0 Å². The molecule has 0 heterocycles. The van der Waals surface area contributed by atoms with Crippen molar-refractivity contribution in [3.8, 4) is 0 Å². The Hall–Kier alpha value is -0.350. The van der Waals surface area contributed by atoms with Crippen LogP contribution in [0.4, 0.5) is 0 Å². The first-order valence-electron chi connectivity index (χ1n) is 13.5. The largest absolute Gasteiger partial charge is 0.0894 e. The van der Waals surface area contributed by atoms with Gasteiger partial charge >= 0.3 is 0 Å². The molecule has 8 atom stereocenters. The normalized spacial score (nSPS) is 49.7. The zero-order valence-electron chi connectivity index (χ0n) is 18.9. The quantitative estimate of drug-likeness (QED) is 0.429. The molecule has 0 saturated heterocycles.